The SMILES string of the molecule is C[C@@H](CCc1ccccc1)NC(=O)c1ccccc1CN1C(=O)[C@H]2CCCN2C(=O)c2ccccc21. The molecule has 1 N–H and O–H groups in total. The number of nitrogens with one attached hydrogen (secondary N) is 1. The van der Waals surface area contributed by atoms with Crippen molar-refractivity contribution in [1.82, 2.24) is 10.2 Å². The molecular weight excluding hydrogens is 450 g/mol. The Morgan fingerprint density at radius 3 is 2.53 bits per heavy atom. The second-order valence-electron chi connectivity index (χ2n) is 9.65. The summed E-state index contributed by atoms with van der Waals surface area (Å²) in [5.74, 6) is -0.334. The van der Waals surface area contributed by atoms with Gasteiger partial charge in [0.2, 0.25) is 5.91 Å². The van der Waals surface area contributed by atoms with Crippen LogP contribution in [-0.2, 0) is 17.8 Å². The molecular formula is C30H31N3O3. The van der Waals surface area contributed by atoms with Crippen molar-refractivity contribution >= 4 is 23.4 Å². The Kier molecular flexibility index (Phi) is 6.85. The summed E-state index contributed by atoms with van der Waals surface area (Å²) in [5, 5.41) is 3.13. The minimum Gasteiger partial charge on any atom is -0.350 e. The highest BCUT2D eigenvalue weighted by Gasteiger charge is 2.42. The fourth-order valence-corrected chi connectivity index (χ4v) is 5.22. The Hall–Kier alpha value is -3.93. The molecule has 0 aromatic heterocycles. The molecule has 1 saturated heterocycles. The molecule has 3 aromatic rings. The lowest BCUT2D eigenvalue weighted by Gasteiger charge is -2.27. The van der Waals surface area contributed by atoms with Crippen LogP contribution in [0.5, 0.6) is 0 Å². The van der Waals surface area contributed by atoms with Gasteiger partial charge in [-0.15, -0.1) is 0 Å². The van der Waals surface area contributed by atoms with E-state index in [-0.39, 0.29) is 30.3 Å². The van der Waals surface area contributed by atoms with Gasteiger partial charge in [-0.2, -0.15) is 0 Å². The van der Waals surface area contributed by atoms with E-state index in [0.29, 0.717) is 29.8 Å². The quantitative estimate of drug-likeness (QED) is 0.537. The minimum atomic E-state index is -0.455. The third kappa shape index (κ3) is 4.76. The molecule has 2 heterocycles. The number of benzene rings is 3. The number of anilines is 1. The van der Waals surface area contributed by atoms with Crippen molar-refractivity contribution in [2.45, 2.75) is 51.2 Å². The zero-order valence-corrected chi connectivity index (χ0v) is 20.5. The Morgan fingerprint density at radius 2 is 1.69 bits per heavy atom. The Labute approximate surface area is 211 Å². The summed E-state index contributed by atoms with van der Waals surface area (Å²) in [6, 6.07) is 24.5. The zero-order chi connectivity index (χ0) is 25.1. The maximum atomic E-state index is 13.6. The van der Waals surface area contributed by atoms with Gasteiger partial charge in [0.15, 0.2) is 0 Å². The Morgan fingerprint density at radius 1 is 0.972 bits per heavy atom. The van der Waals surface area contributed by atoms with Gasteiger partial charge in [0.05, 0.1) is 17.8 Å². The fourth-order valence-electron chi connectivity index (χ4n) is 5.22. The third-order valence-electron chi connectivity index (χ3n) is 7.17. The zero-order valence-electron chi connectivity index (χ0n) is 20.5. The van der Waals surface area contributed by atoms with E-state index < -0.39 is 6.04 Å². The number of hydrogen-bond acceptors (Lipinski definition) is 3. The predicted molar refractivity (Wildman–Crippen MR) is 140 cm³/mol. The molecule has 3 amide bonds. The number of para-hydroxylation sites is 1. The maximum absolute atomic E-state index is 13.6. The average Bonchev–Trinajstić information content (AvgIpc) is 3.38. The van der Waals surface area contributed by atoms with Gasteiger partial charge in [0, 0.05) is 18.2 Å². The summed E-state index contributed by atoms with van der Waals surface area (Å²) in [5.41, 5.74) is 3.69. The van der Waals surface area contributed by atoms with Gasteiger partial charge in [-0.25, -0.2) is 0 Å². The minimum absolute atomic E-state index is 0.00373. The molecule has 0 bridgehead atoms. The summed E-state index contributed by atoms with van der Waals surface area (Å²) in [6.07, 6.45) is 3.19. The summed E-state index contributed by atoms with van der Waals surface area (Å²) in [7, 11) is 0. The van der Waals surface area contributed by atoms with Crippen LogP contribution in [0.3, 0.4) is 0 Å². The van der Waals surface area contributed by atoms with Crippen LogP contribution in [-0.4, -0.2) is 41.2 Å². The summed E-state index contributed by atoms with van der Waals surface area (Å²) < 4.78 is 0. The van der Waals surface area contributed by atoms with Crippen LogP contribution in [0, 0.1) is 0 Å². The summed E-state index contributed by atoms with van der Waals surface area (Å²) >= 11 is 0. The predicted octanol–water partition coefficient (Wildman–Crippen LogP) is 4.59. The molecule has 184 valence electrons. The van der Waals surface area contributed by atoms with Crippen LogP contribution in [0.25, 0.3) is 0 Å². The molecule has 6 nitrogen and oxygen atoms in total. The van der Waals surface area contributed by atoms with Crippen LogP contribution in [0.15, 0.2) is 78.9 Å². The van der Waals surface area contributed by atoms with E-state index in [1.165, 1.54) is 5.56 Å². The normalized spacial score (nSPS) is 17.9. The topological polar surface area (TPSA) is 69.7 Å². The monoisotopic (exact) mass is 481 g/mol. The van der Waals surface area contributed by atoms with Crippen molar-refractivity contribution in [2.24, 2.45) is 0 Å². The standard InChI is InChI=1S/C30H31N3O3/c1-21(17-18-22-10-3-2-4-11-22)31-28(34)24-13-6-5-12-23(24)20-33-26-15-8-7-14-25(26)29(35)32-19-9-16-27(32)30(33)36/h2-8,10-15,21,27H,9,16-20H2,1H3,(H,31,34)/t21-,27+/m0/s1. The van der Waals surface area contributed by atoms with Gasteiger partial charge in [0.1, 0.15) is 6.04 Å². The van der Waals surface area contributed by atoms with Gasteiger partial charge in [-0.1, -0.05) is 60.7 Å². The van der Waals surface area contributed by atoms with Gasteiger partial charge in [-0.3, -0.25) is 14.4 Å². The van der Waals surface area contributed by atoms with E-state index in [1.54, 1.807) is 21.9 Å². The van der Waals surface area contributed by atoms with E-state index in [2.05, 4.69) is 17.4 Å². The van der Waals surface area contributed by atoms with Crippen LogP contribution < -0.4 is 10.2 Å². The highest BCUT2D eigenvalue weighted by atomic mass is 16.2. The number of carbonyl (C=O) groups is 3. The van der Waals surface area contributed by atoms with Crippen molar-refractivity contribution in [1.29, 1.82) is 0 Å². The molecule has 2 atom stereocenters. The number of nitrogens with zero attached hydrogens (tertiary/aromatic N) is 2. The van der Waals surface area contributed by atoms with E-state index in [0.717, 1.165) is 24.8 Å². The van der Waals surface area contributed by atoms with Crippen LogP contribution >= 0.6 is 0 Å². The number of carbonyl (C=O) groups excluding carboxylic acids is 3. The largest absolute Gasteiger partial charge is 0.350 e. The Balaban J connectivity index is 1.37. The fraction of sp³-hybridized carbons (Fsp3) is 0.300. The number of rotatable bonds is 7. The first-order chi connectivity index (χ1) is 17.5. The molecule has 3 aromatic carbocycles. The highest BCUT2D eigenvalue weighted by Crippen LogP contribution is 2.33. The third-order valence-corrected chi connectivity index (χ3v) is 7.17. The molecule has 5 rings (SSSR count). The lowest BCUT2D eigenvalue weighted by Crippen LogP contribution is -2.44. The van der Waals surface area contributed by atoms with Gasteiger partial charge < -0.3 is 15.1 Å². The second-order valence-corrected chi connectivity index (χ2v) is 9.65. The van der Waals surface area contributed by atoms with Crippen molar-refractivity contribution in [3.8, 4) is 0 Å². The Bertz CT molecular complexity index is 1270. The first-order valence-electron chi connectivity index (χ1n) is 12.7. The molecule has 0 aliphatic carbocycles. The first-order valence-corrected chi connectivity index (χ1v) is 12.7. The molecule has 0 saturated carbocycles. The van der Waals surface area contributed by atoms with Gasteiger partial charge in [-0.05, 0) is 61.9 Å². The number of hydrogen-bond donors (Lipinski definition) is 1. The van der Waals surface area contributed by atoms with E-state index in [4.69, 9.17) is 0 Å². The number of fused-ring (bicyclic) bond motifs is 2. The molecule has 0 radical (unpaired) electrons. The van der Waals surface area contributed by atoms with Gasteiger partial charge in [0.25, 0.3) is 11.8 Å². The van der Waals surface area contributed by atoms with Crippen LogP contribution in [0.4, 0.5) is 5.69 Å². The molecule has 1 fully saturated rings. The van der Waals surface area contributed by atoms with Crippen LogP contribution in [0.1, 0.15) is 58.0 Å². The van der Waals surface area contributed by atoms with E-state index >= 15 is 0 Å². The van der Waals surface area contributed by atoms with Crippen LogP contribution in [0.2, 0.25) is 0 Å². The molecule has 0 unspecified atom stereocenters. The summed E-state index contributed by atoms with van der Waals surface area (Å²) in [4.78, 5) is 43.5. The summed E-state index contributed by atoms with van der Waals surface area (Å²) in [6.45, 7) is 2.84. The molecule has 36 heavy (non-hydrogen) atoms. The molecule has 0 spiro atoms. The smallest absolute Gasteiger partial charge is 0.256 e. The number of amides is 3. The second kappa shape index (κ2) is 10.4. The van der Waals surface area contributed by atoms with Crippen molar-refractivity contribution in [2.75, 3.05) is 11.4 Å². The molecule has 2 aliphatic rings. The molecule has 2 aliphatic heterocycles. The first kappa shape index (κ1) is 23.8. The highest BCUT2D eigenvalue weighted by molar-refractivity contribution is 6.11. The van der Waals surface area contributed by atoms with E-state index in [1.807, 2.05) is 61.5 Å². The van der Waals surface area contributed by atoms with Gasteiger partial charge >= 0.3 is 0 Å². The molecule has 6 heteroatoms. The number of aryl methyl sites for hydroxylation is 1. The lowest BCUT2D eigenvalue weighted by atomic mass is 10.0. The van der Waals surface area contributed by atoms with Crippen molar-refractivity contribution in [3.63, 3.8) is 0 Å². The van der Waals surface area contributed by atoms with E-state index in [9.17, 15) is 14.4 Å². The lowest BCUT2D eigenvalue weighted by molar-refractivity contribution is -0.122. The van der Waals surface area contributed by atoms with Crippen molar-refractivity contribution in [3.05, 3.63) is 101 Å². The average molecular weight is 482 g/mol. The maximum Gasteiger partial charge on any atom is 0.256 e. The van der Waals surface area contributed by atoms with Crippen molar-refractivity contribution < 1.29 is 14.4 Å².